The lowest BCUT2D eigenvalue weighted by Gasteiger charge is -2.12. The number of benzene rings is 3. The third-order valence-corrected chi connectivity index (χ3v) is 5.87. The van der Waals surface area contributed by atoms with Crippen molar-refractivity contribution in [3.05, 3.63) is 96.4 Å². The quantitative estimate of drug-likeness (QED) is 0.139. The van der Waals surface area contributed by atoms with Gasteiger partial charge in [-0.1, -0.05) is 23.8 Å². The van der Waals surface area contributed by atoms with E-state index in [9.17, 15) is 25.0 Å². The number of halogens is 2. The molecule has 11 heteroatoms. The van der Waals surface area contributed by atoms with E-state index in [-0.39, 0.29) is 29.5 Å². The summed E-state index contributed by atoms with van der Waals surface area (Å²) in [4.78, 5) is 35.1. The van der Waals surface area contributed by atoms with Crippen molar-refractivity contribution >= 4 is 66.8 Å². The van der Waals surface area contributed by atoms with Crippen LogP contribution in [0.4, 0.5) is 17.1 Å². The molecule has 0 atom stereocenters. The molecule has 0 saturated heterocycles. The van der Waals surface area contributed by atoms with Gasteiger partial charge in [0.15, 0.2) is 6.61 Å². The Morgan fingerprint density at radius 3 is 2.33 bits per heavy atom. The van der Waals surface area contributed by atoms with Crippen molar-refractivity contribution in [2.45, 2.75) is 6.92 Å². The number of nitro groups is 1. The van der Waals surface area contributed by atoms with E-state index in [1.165, 1.54) is 30.3 Å². The van der Waals surface area contributed by atoms with Gasteiger partial charge in [-0.2, -0.15) is 5.26 Å². The SMILES string of the molecule is Cc1ccc(NC(=O)COc2c(Br)cc(/C=C(\C#N)C(=O)Nc3cccc([N+](=O)[O-])c3)cc2Br)cc1. The number of nitrogens with zero attached hydrogens (tertiary/aromatic N) is 2. The van der Waals surface area contributed by atoms with E-state index >= 15 is 0 Å². The maximum Gasteiger partial charge on any atom is 0.271 e. The average molecular weight is 614 g/mol. The molecule has 0 aliphatic carbocycles. The van der Waals surface area contributed by atoms with E-state index in [1.807, 2.05) is 25.1 Å². The molecule has 36 heavy (non-hydrogen) atoms. The summed E-state index contributed by atoms with van der Waals surface area (Å²) in [5, 5.41) is 25.6. The summed E-state index contributed by atoms with van der Waals surface area (Å²) in [5.74, 6) is -0.699. The van der Waals surface area contributed by atoms with Crippen molar-refractivity contribution in [2.24, 2.45) is 0 Å². The van der Waals surface area contributed by atoms with Crippen molar-refractivity contribution < 1.29 is 19.2 Å². The minimum atomic E-state index is -0.724. The lowest BCUT2D eigenvalue weighted by Crippen LogP contribution is -2.20. The number of non-ortho nitro benzene ring substituents is 1. The molecule has 0 radical (unpaired) electrons. The second-order valence-electron chi connectivity index (χ2n) is 7.45. The van der Waals surface area contributed by atoms with Gasteiger partial charge in [-0.3, -0.25) is 19.7 Å². The second kappa shape index (κ2) is 12.1. The molecule has 0 aromatic heterocycles. The summed E-state index contributed by atoms with van der Waals surface area (Å²) in [6, 6.07) is 17.8. The first-order valence-electron chi connectivity index (χ1n) is 10.3. The zero-order chi connectivity index (χ0) is 26.2. The normalized spacial score (nSPS) is 10.8. The number of nitriles is 1. The van der Waals surface area contributed by atoms with Crippen LogP contribution in [0.15, 0.2) is 75.2 Å². The Balaban J connectivity index is 1.70. The lowest BCUT2D eigenvalue weighted by atomic mass is 10.1. The molecule has 0 unspecified atom stereocenters. The molecule has 2 N–H and O–H groups in total. The lowest BCUT2D eigenvalue weighted by molar-refractivity contribution is -0.384. The van der Waals surface area contributed by atoms with E-state index in [4.69, 9.17) is 4.74 Å². The first-order chi connectivity index (χ1) is 17.2. The molecule has 0 spiro atoms. The molecular weight excluding hydrogens is 596 g/mol. The van der Waals surface area contributed by atoms with Gasteiger partial charge in [0, 0.05) is 23.5 Å². The second-order valence-corrected chi connectivity index (χ2v) is 9.16. The summed E-state index contributed by atoms with van der Waals surface area (Å²) in [6.07, 6.45) is 1.36. The number of carbonyl (C=O) groups is 2. The number of rotatable bonds is 8. The Labute approximate surface area is 223 Å². The van der Waals surface area contributed by atoms with Crippen molar-refractivity contribution in [1.82, 2.24) is 0 Å². The van der Waals surface area contributed by atoms with Gasteiger partial charge in [-0.15, -0.1) is 0 Å². The number of hydrogen-bond acceptors (Lipinski definition) is 6. The molecule has 3 aromatic rings. The van der Waals surface area contributed by atoms with E-state index in [0.29, 0.717) is 25.9 Å². The van der Waals surface area contributed by atoms with Crippen LogP contribution in [0.1, 0.15) is 11.1 Å². The molecular formula is C25H18Br2N4O5. The standard InChI is InChI=1S/C25H18Br2N4O5/c1-15-5-7-18(8-6-15)29-23(32)14-36-24-21(26)10-16(11-22(24)27)9-17(13-28)25(33)30-19-3-2-4-20(12-19)31(34)35/h2-12H,14H2,1H3,(H,29,32)(H,30,33)/b17-9+. The molecule has 0 fully saturated rings. The van der Waals surface area contributed by atoms with Crippen molar-refractivity contribution in [1.29, 1.82) is 5.26 Å². The maximum absolute atomic E-state index is 12.5. The van der Waals surface area contributed by atoms with Crippen molar-refractivity contribution in [3.63, 3.8) is 0 Å². The van der Waals surface area contributed by atoms with Crippen LogP contribution in [0, 0.1) is 28.4 Å². The third-order valence-electron chi connectivity index (χ3n) is 4.69. The van der Waals surface area contributed by atoms with Gasteiger partial charge in [0.2, 0.25) is 0 Å². The minimum absolute atomic E-state index is 0.186. The first kappa shape index (κ1) is 26.6. The number of hydrogen-bond donors (Lipinski definition) is 2. The Hall–Kier alpha value is -4.01. The van der Waals surface area contributed by atoms with Gasteiger partial charge in [0.25, 0.3) is 17.5 Å². The van der Waals surface area contributed by atoms with Crippen LogP contribution in [0.5, 0.6) is 5.75 Å². The highest BCUT2D eigenvalue weighted by molar-refractivity contribution is 9.11. The minimum Gasteiger partial charge on any atom is -0.481 e. The highest BCUT2D eigenvalue weighted by atomic mass is 79.9. The predicted molar refractivity (Wildman–Crippen MR) is 142 cm³/mol. The van der Waals surface area contributed by atoms with Crippen LogP contribution < -0.4 is 15.4 Å². The van der Waals surface area contributed by atoms with Crippen LogP contribution in [0.25, 0.3) is 6.08 Å². The zero-order valence-corrected chi connectivity index (χ0v) is 21.9. The molecule has 3 rings (SSSR count). The summed E-state index contributed by atoms with van der Waals surface area (Å²) < 4.78 is 6.62. The number of nitrogens with one attached hydrogen (secondary N) is 2. The molecule has 2 amide bonds. The summed E-state index contributed by atoms with van der Waals surface area (Å²) >= 11 is 6.77. The number of amides is 2. The number of anilines is 2. The Kier molecular flexibility index (Phi) is 8.94. The van der Waals surface area contributed by atoms with Crippen LogP contribution in [0.3, 0.4) is 0 Å². The predicted octanol–water partition coefficient (Wildman–Crippen LogP) is 5.99. The highest BCUT2D eigenvalue weighted by Crippen LogP contribution is 2.35. The number of ether oxygens (including phenoxy) is 1. The highest BCUT2D eigenvalue weighted by Gasteiger charge is 2.15. The van der Waals surface area contributed by atoms with Crippen LogP contribution >= 0.6 is 31.9 Å². The molecule has 0 saturated carbocycles. The largest absolute Gasteiger partial charge is 0.481 e. The van der Waals surface area contributed by atoms with E-state index in [0.717, 1.165) is 5.56 Å². The fourth-order valence-electron chi connectivity index (χ4n) is 2.98. The molecule has 0 aliphatic rings. The van der Waals surface area contributed by atoms with Crippen LogP contribution in [0.2, 0.25) is 0 Å². The van der Waals surface area contributed by atoms with E-state index < -0.39 is 10.8 Å². The summed E-state index contributed by atoms with van der Waals surface area (Å²) in [5.41, 5.74) is 2.01. The molecule has 9 nitrogen and oxygen atoms in total. The Morgan fingerprint density at radius 1 is 1.06 bits per heavy atom. The Bertz CT molecular complexity index is 1380. The fourth-order valence-corrected chi connectivity index (χ4v) is 4.43. The maximum atomic E-state index is 12.5. The monoisotopic (exact) mass is 612 g/mol. The van der Waals surface area contributed by atoms with Crippen molar-refractivity contribution in [2.75, 3.05) is 17.2 Å². The van der Waals surface area contributed by atoms with Crippen LogP contribution in [-0.4, -0.2) is 23.3 Å². The summed E-state index contributed by atoms with van der Waals surface area (Å²) in [7, 11) is 0. The molecule has 0 aliphatic heterocycles. The average Bonchev–Trinajstić information content (AvgIpc) is 2.83. The fraction of sp³-hybridized carbons (Fsp3) is 0.0800. The van der Waals surface area contributed by atoms with E-state index in [2.05, 4.69) is 42.5 Å². The molecule has 0 heterocycles. The van der Waals surface area contributed by atoms with Gasteiger partial charge in [0.1, 0.15) is 17.4 Å². The van der Waals surface area contributed by atoms with Gasteiger partial charge in [-0.25, -0.2) is 0 Å². The van der Waals surface area contributed by atoms with Gasteiger partial charge < -0.3 is 15.4 Å². The molecule has 3 aromatic carbocycles. The summed E-state index contributed by atoms with van der Waals surface area (Å²) in [6.45, 7) is 1.71. The number of aryl methyl sites for hydroxylation is 1. The molecule has 0 bridgehead atoms. The zero-order valence-electron chi connectivity index (χ0n) is 18.7. The first-order valence-corrected chi connectivity index (χ1v) is 11.9. The van der Waals surface area contributed by atoms with Gasteiger partial charge in [0.05, 0.1) is 13.9 Å². The van der Waals surface area contributed by atoms with Crippen molar-refractivity contribution in [3.8, 4) is 11.8 Å². The third kappa shape index (κ3) is 7.24. The van der Waals surface area contributed by atoms with Gasteiger partial charge in [-0.05, 0) is 80.8 Å². The number of nitro benzene ring substituents is 1. The van der Waals surface area contributed by atoms with Crippen LogP contribution in [-0.2, 0) is 9.59 Å². The number of carbonyl (C=O) groups excluding carboxylic acids is 2. The Morgan fingerprint density at radius 2 is 1.72 bits per heavy atom. The molecule has 182 valence electrons. The van der Waals surface area contributed by atoms with Gasteiger partial charge >= 0.3 is 0 Å². The van der Waals surface area contributed by atoms with E-state index in [1.54, 1.807) is 24.3 Å². The smallest absolute Gasteiger partial charge is 0.271 e. The topological polar surface area (TPSA) is 134 Å².